The van der Waals surface area contributed by atoms with Gasteiger partial charge in [-0.1, -0.05) is 13.8 Å². The number of nitrogens with zero attached hydrogens (tertiary/aromatic N) is 2. The summed E-state index contributed by atoms with van der Waals surface area (Å²) >= 11 is 0. The maximum atomic E-state index is 6.13. The predicted molar refractivity (Wildman–Crippen MR) is 84.2 cm³/mol. The minimum atomic E-state index is 0.437. The average molecular weight is 283 g/mol. The molecule has 118 valence electrons. The van der Waals surface area contributed by atoms with Crippen molar-refractivity contribution in [2.24, 2.45) is 0 Å². The fourth-order valence-electron chi connectivity index (χ4n) is 3.67. The van der Waals surface area contributed by atoms with Crippen molar-refractivity contribution in [3.8, 4) is 0 Å². The zero-order chi connectivity index (χ0) is 14.4. The van der Waals surface area contributed by atoms with Crippen LogP contribution in [0.5, 0.6) is 0 Å². The summed E-state index contributed by atoms with van der Waals surface area (Å²) in [4.78, 5) is 5.11. The molecule has 4 heteroatoms. The molecule has 2 fully saturated rings. The van der Waals surface area contributed by atoms with Crippen LogP contribution >= 0.6 is 0 Å². The minimum Gasteiger partial charge on any atom is -0.372 e. The topological polar surface area (TPSA) is 27.7 Å². The zero-order valence-electron chi connectivity index (χ0n) is 13.6. The molecule has 2 heterocycles. The van der Waals surface area contributed by atoms with E-state index in [4.69, 9.17) is 4.74 Å². The monoisotopic (exact) mass is 283 g/mol. The third kappa shape index (κ3) is 4.69. The Bertz CT molecular complexity index is 274. The first-order chi connectivity index (χ1) is 9.72. The lowest BCUT2D eigenvalue weighted by Gasteiger charge is -2.29. The number of hydrogen-bond acceptors (Lipinski definition) is 4. The summed E-state index contributed by atoms with van der Waals surface area (Å²) in [6, 6.07) is 0.768. The summed E-state index contributed by atoms with van der Waals surface area (Å²) in [6.07, 6.45) is 6.06. The molecule has 1 N–H and O–H groups in total. The van der Waals surface area contributed by atoms with Gasteiger partial charge in [0.15, 0.2) is 0 Å². The Kier molecular flexibility index (Phi) is 6.75. The Morgan fingerprint density at radius 3 is 2.70 bits per heavy atom. The molecular formula is C16H33N3O. The lowest BCUT2D eigenvalue weighted by Crippen LogP contribution is -2.41. The second-order valence-corrected chi connectivity index (χ2v) is 6.41. The number of likely N-dealkylation sites (N-methyl/N-ethyl adjacent to an activating group) is 3. The number of rotatable bonds is 8. The van der Waals surface area contributed by atoms with Crippen LogP contribution in [0.15, 0.2) is 0 Å². The van der Waals surface area contributed by atoms with E-state index in [0.717, 1.165) is 25.7 Å². The molecule has 2 aliphatic heterocycles. The largest absolute Gasteiger partial charge is 0.372 e. The normalized spacial score (nSPS) is 31.5. The Morgan fingerprint density at radius 1 is 1.15 bits per heavy atom. The van der Waals surface area contributed by atoms with Crippen molar-refractivity contribution < 1.29 is 4.74 Å². The van der Waals surface area contributed by atoms with Crippen molar-refractivity contribution in [3.05, 3.63) is 0 Å². The van der Waals surface area contributed by atoms with Crippen LogP contribution in [0.4, 0.5) is 0 Å². The molecule has 0 saturated carbocycles. The van der Waals surface area contributed by atoms with Crippen LogP contribution in [0, 0.1) is 0 Å². The molecular weight excluding hydrogens is 250 g/mol. The van der Waals surface area contributed by atoms with Gasteiger partial charge in [-0.15, -0.1) is 0 Å². The first-order valence-electron chi connectivity index (χ1n) is 8.51. The molecule has 0 aliphatic carbocycles. The fourth-order valence-corrected chi connectivity index (χ4v) is 3.67. The van der Waals surface area contributed by atoms with Crippen LogP contribution < -0.4 is 5.32 Å². The second-order valence-electron chi connectivity index (χ2n) is 6.41. The smallest absolute Gasteiger partial charge is 0.0707 e. The van der Waals surface area contributed by atoms with E-state index in [0.29, 0.717) is 12.2 Å². The van der Waals surface area contributed by atoms with Crippen molar-refractivity contribution in [1.82, 2.24) is 15.1 Å². The van der Waals surface area contributed by atoms with Gasteiger partial charge in [-0.3, -0.25) is 4.90 Å². The molecule has 0 spiro atoms. The lowest BCUT2D eigenvalue weighted by atomic mass is 10.1. The van der Waals surface area contributed by atoms with Crippen LogP contribution in [0.2, 0.25) is 0 Å². The van der Waals surface area contributed by atoms with Crippen molar-refractivity contribution in [2.45, 2.75) is 57.8 Å². The maximum Gasteiger partial charge on any atom is 0.0707 e. The highest BCUT2D eigenvalue weighted by atomic mass is 16.5. The molecule has 4 nitrogen and oxygen atoms in total. The highest BCUT2D eigenvalue weighted by Gasteiger charge is 2.28. The highest BCUT2D eigenvalue weighted by molar-refractivity contribution is 4.83. The minimum absolute atomic E-state index is 0.437. The number of ether oxygens (including phenoxy) is 1. The van der Waals surface area contributed by atoms with Crippen molar-refractivity contribution in [1.29, 1.82) is 0 Å². The molecule has 20 heavy (non-hydrogen) atoms. The summed E-state index contributed by atoms with van der Waals surface area (Å²) < 4.78 is 6.13. The van der Waals surface area contributed by atoms with E-state index in [1.54, 1.807) is 0 Å². The fraction of sp³-hybridized carbons (Fsp3) is 1.00. The van der Waals surface area contributed by atoms with E-state index in [2.05, 4.69) is 36.0 Å². The maximum absolute atomic E-state index is 6.13. The van der Waals surface area contributed by atoms with Gasteiger partial charge in [0, 0.05) is 25.7 Å². The second kappa shape index (κ2) is 8.32. The van der Waals surface area contributed by atoms with E-state index in [1.807, 2.05) is 0 Å². The SMILES string of the molecule is CCNCC1CCC(CN(C)CC2CCCN2CC)O1. The molecule has 0 aromatic carbocycles. The van der Waals surface area contributed by atoms with E-state index >= 15 is 0 Å². The van der Waals surface area contributed by atoms with E-state index in [9.17, 15) is 0 Å². The standard InChI is InChI=1S/C16H33N3O/c1-4-17-11-15-8-9-16(20-15)13-18(3)12-14-7-6-10-19(14)5-2/h14-17H,4-13H2,1-3H3. The summed E-state index contributed by atoms with van der Waals surface area (Å²) in [7, 11) is 2.26. The van der Waals surface area contributed by atoms with Gasteiger partial charge in [0.1, 0.15) is 0 Å². The molecule has 0 radical (unpaired) electrons. The van der Waals surface area contributed by atoms with Gasteiger partial charge in [-0.2, -0.15) is 0 Å². The van der Waals surface area contributed by atoms with Crippen LogP contribution in [-0.2, 0) is 4.74 Å². The zero-order valence-corrected chi connectivity index (χ0v) is 13.6. The molecule has 0 amide bonds. The van der Waals surface area contributed by atoms with E-state index in [1.165, 1.54) is 45.3 Å². The molecule has 2 saturated heterocycles. The number of nitrogens with one attached hydrogen (secondary N) is 1. The lowest BCUT2D eigenvalue weighted by molar-refractivity contribution is 0.0247. The molecule has 0 aromatic rings. The molecule has 2 rings (SSSR count). The Hall–Kier alpha value is -0.160. The summed E-state index contributed by atoms with van der Waals surface area (Å²) in [5.74, 6) is 0. The van der Waals surface area contributed by atoms with E-state index in [-0.39, 0.29) is 0 Å². The third-order valence-corrected chi connectivity index (χ3v) is 4.76. The first kappa shape index (κ1) is 16.2. The molecule has 2 aliphatic rings. The van der Waals surface area contributed by atoms with Crippen molar-refractivity contribution in [3.63, 3.8) is 0 Å². The van der Waals surface area contributed by atoms with Crippen LogP contribution in [0.1, 0.15) is 39.5 Å². The number of hydrogen-bond donors (Lipinski definition) is 1. The summed E-state index contributed by atoms with van der Waals surface area (Å²) in [5, 5.41) is 3.39. The van der Waals surface area contributed by atoms with E-state index < -0.39 is 0 Å². The van der Waals surface area contributed by atoms with Crippen molar-refractivity contribution >= 4 is 0 Å². The van der Waals surface area contributed by atoms with Gasteiger partial charge >= 0.3 is 0 Å². The Labute approximate surface area is 124 Å². The molecule has 3 atom stereocenters. The summed E-state index contributed by atoms with van der Waals surface area (Å²) in [6.45, 7) is 11.3. The van der Waals surface area contributed by atoms with Gasteiger partial charge in [0.05, 0.1) is 12.2 Å². The summed E-state index contributed by atoms with van der Waals surface area (Å²) in [5.41, 5.74) is 0. The first-order valence-corrected chi connectivity index (χ1v) is 8.51. The van der Waals surface area contributed by atoms with Crippen LogP contribution in [-0.4, -0.2) is 74.4 Å². The van der Waals surface area contributed by atoms with Gasteiger partial charge in [0.2, 0.25) is 0 Å². The van der Waals surface area contributed by atoms with Crippen LogP contribution in [0.3, 0.4) is 0 Å². The predicted octanol–water partition coefficient (Wildman–Crippen LogP) is 1.56. The highest BCUT2D eigenvalue weighted by Crippen LogP contribution is 2.21. The van der Waals surface area contributed by atoms with Crippen molar-refractivity contribution in [2.75, 3.05) is 46.3 Å². The van der Waals surface area contributed by atoms with Gasteiger partial charge in [-0.25, -0.2) is 0 Å². The number of likely N-dealkylation sites (tertiary alicyclic amines) is 1. The van der Waals surface area contributed by atoms with Crippen LogP contribution in [0.25, 0.3) is 0 Å². The van der Waals surface area contributed by atoms with Gasteiger partial charge < -0.3 is 15.0 Å². The van der Waals surface area contributed by atoms with Gasteiger partial charge in [0.25, 0.3) is 0 Å². The molecule has 3 unspecified atom stereocenters. The molecule has 0 aromatic heterocycles. The van der Waals surface area contributed by atoms with Gasteiger partial charge in [-0.05, 0) is 52.4 Å². The Balaban J connectivity index is 1.66. The third-order valence-electron chi connectivity index (χ3n) is 4.76. The quantitative estimate of drug-likeness (QED) is 0.732. The average Bonchev–Trinajstić information content (AvgIpc) is 3.05. The molecule has 0 bridgehead atoms. The Morgan fingerprint density at radius 2 is 1.95 bits per heavy atom.